The molecule has 1 amide bonds. The number of nitrogens with zero attached hydrogens (tertiary/aromatic N) is 3. The van der Waals surface area contributed by atoms with Crippen LogP contribution in [0.15, 0.2) is 47.4 Å². The number of carbonyl (C=O) groups excluding carboxylic acids is 1. The number of para-hydroxylation sites is 1. The number of rotatable bonds is 10. The highest BCUT2D eigenvalue weighted by molar-refractivity contribution is 8.00. The predicted octanol–water partition coefficient (Wildman–Crippen LogP) is 5.89. The second kappa shape index (κ2) is 12.4. The minimum Gasteiger partial charge on any atom is -0.302 e. The average Bonchev–Trinajstić information content (AvgIpc) is 3.20. The molecule has 0 spiro atoms. The number of benzene rings is 2. The SMILES string of the molecule is CCc1cccc2sc(N(CCN(CC)CC)C(=O)CSc3ccc(F)cc3)nc12.Cl. The molecule has 0 atom stereocenters. The molecule has 0 fully saturated rings. The van der Waals surface area contributed by atoms with Crippen LogP contribution in [0.1, 0.15) is 26.3 Å². The summed E-state index contributed by atoms with van der Waals surface area (Å²) in [6.07, 6.45) is 0.911. The Morgan fingerprint density at radius 2 is 1.77 bits per heavy atom. The maximum atomic E-state index is 13.2. The molecule has 0 radical (unpaired) electrons. The first-order valence-corrected chi connectivity index (χ1v) is 12.1. The Hall–Kier alpha value is -1.67. The van der Waals surface area contributed by atoms with Crippen LogP contribution in [0.3, 0.4) is 0 Å². The fourth-order valence-electron chi connectivity index (χ4n) is 3.26. The number of fused-ring (bicyclic) bond motifs is 1. The van der Waals surface area contributed by atoms with Crippen molar-refractivity contribution in [3.63, 3.8) is 0 Å². The van der Waals surface area contributed by atoms with Gasteiger partial charge in [-0.05, 0) is 55.4 Å². The number of aryl methyl sites for hydroxylation is 1. The monoisotopic (exact) mass is 481 g/mol. The van der Waals surface area contributed by atoms with E-state index in [1.54, 1.807) is 23.5 Å². The molecule has 8 heteroatoms. The topological polar surface area (TPSA) is 36.4 Å². The number of aromatic nitrogens is 1. The van der Waals surface area contributed by atoms with E-state index in [-0.39, 0.29) is 24.1 Å². The van der Waals surface area contributed by atoms with Crippen LogP contribution in [0.5, 0.6) is 0 Å². The molecule has 0 saturated heterocycles. The first-order chi connectivity index (χ1) is 14.5. The highest BCUT2D eigenvalue weighted by atomic mass is 35.5. The highest BCUT2D eigenvalue weighted by Crippen LogP contribution is 2.32. The van der Waals surface area contributed by atoms with E-state index in [2.05, 4.69) is 43.9 Å². The number of anilines is 1. The smallest absolute Gasteiger partial charge is 0.239 e. The van der Waals surface area contributed by atoms with Gasteiger partial charge in [0.15, 0.2) is 5.13 Å². The van der Waals surface area contributed by atoms with Crippen LogP contribution >= 0.6 is 35.5 Å². The van der Waals surface area contributed by atoms with Gasteiger partial charge in [-0.25, -0.2) is 9.37 Å². The summed E-state index contributed by atoms with van der Waals surface area (Å²) in [6, 6.07) is 12.5. The Morgan fingerprint density at radius 3 is 2.42 bits per heavy atom. The van der Waals surface area contributed by atoms with Crippen molar-refractivity contribution in [3.05, 3.63) is 53.8 Å². The lowest BCUT2D eigenvalue weighted by Crippen LogP contribution is -2.39. The fourth-order valence-corrected chi connectivity index (χ4v) is 5.09. The maximum Gasteiger partial charge on any atom is 0.239 e. The van der Waals surface area contributed by atoms with Gasteiger partial charge in [-0.1, -0.05) is 44.2 Å². The van der Waals surface area contributed by atoms with Gasteiger partial charge in [0, 0.05) is 18.0 Å². The summed E-state index contributed by atoms with van der Waals surface area (Å²) < 4.78 is 14.3. The molecule has 168 valence electrons. The predicted molar refractivity (Wildman–Crippen MR) is 134 cm³/mol. The number of carbonyl (C=O) groups is 1. The van der Waals surface area contributed by atoms with E-state index in [4.69, 9.17) is 4.98 Å². The van der Waals surface area contributed by atoms with Gasteiger partial charge >= 0.3 is 0 Å². The molecule has 0 aliphatic rings. The Balaban J connectivity index is 0.00000341. The van der Waals surface area contributed by atoms with Gasteiger partial charge in [0.2, 0.25) is 5.91 Å². The second-order valence-corrected chi connectivity index (χ2v) is 8.99. The van der Waals surface area contributed by atoms with Crippen molar-refractivity contribution in [2.75, 3.05) is 36.8 Å². The van der Waals surface area contributed by atoms with Crippen LogP contribution in [0.25, 0.3) is 10.2 Å². The third-order valence-electron chi connectivity index (χ3n) is 5.11. The molecule has 0 bridgehead atoms. The minimum atomic E-state index is -0.271. The third kappa shape index (κ3) is 6.65. The summed E-state index contributed by atoms with van der Waals surface area (Å²) in [6.45, 7) is 9.68. The standard InChI is InChI=1S/C23H28FN3OS2.ClH/c1-4-17-8-7-9-20-22(17)25-23(30-20)27(15-14-26(5-2)6-3)21(28)16-29-19-12-10-18(24)11-13-19;/h7-13H,4-6,14-16H2,1-3H3;1H. The van der Waals surface area contributed by atoms with Crippen LogP contribution in [-0.4, -0.2) is 47.7 Å². The molecule has 1 aromatic heterocycles. The van der Waals surface area contributed by atoms with Crippen molar-refractivity contribution in [3.8, 4) is 0 Å². The van der Waals surface area contributed by atoms with Crippen molar-refractivity contribution in [2.45, 2.75) is 32.1 Å². The first kappa shape index (κ1) is 25.6. The van der Waals surface area contributed by atoms with Crippen molar-refractivity contribution >= 4 is 56.8 Å². The number of likely N-dealkylation sites (N-methyl/N-ethyl adjacent to an activating group) is 1. The van der Waals surface area contributed by atoms with Gasteiger partial charge in [0.25, 0.3) is 0 Å². The summed E-state index contributed by atoms with van der Waals surface area (Å²) >= 11 is 3.00. The van der Waals surface area contributed by atoms with Gasteiger partial charge in [-0.3, -0.25) is 9.69 Å². The van der Waals surface area contributed by atoms with Crippen LogP contribution in [-0.2, 0) is 11.2 Å². The number of halogens is 2. The lowest BCUT2D eigenvalue weighted by Gasteiger charge is -2.24. The molecule has 2 aromatic carbocycles. The van der Waals surface area contributed by atoms with Crippen LogP contribution in [0.2, 0.25) is 0 Å². The third-order valence-corrected chi connectivity index (χ3v) is 7.15. The summed E-state index contributed by atoms with van der Waals surface area (Å²) in [5, 5.41) is 0.753. The average molecular weight is 482 g/mol. The number of thiazole rings is 1. The number of thioether (sulfide) groups is 1. The fraction of sp³-hybridized carbons (Fsp3) is 0.391. The molecule has 31 heavy (non-hydrogen) atoms. The Morgan fingerprint density at radius 1 is 1.06 bits per heavy atom. The number of hydrogen-bond acceptors (Lipinski definition) is 5. The zero-order valence-corrected chi connectivity index (χ0v) is 20.6. The van der Waals surface area contributed by atoms with Gasteiger partial charge in [0.05, 0.1) is 16.0 Å². The molecule has 1 heterocycles. The van der Waals surface area contributed by atoms with E-state index in [1.807, 2.05) is 4.90 Å². The molecule has 0 unspecified atom stereocenters. The molecule has 0 saturated carbocycles. The number of hydrogen-bond donors (Lipinski definition) is 0. The van der Waals surface area contributed by atoms with Crippen LogP contribution in [0.4, 0.5) is 9.52 Å². The molecule has 4 nitrogen and oxygen atoms in total. The molecule has 3 aromatic rings. The van der Waals surface area contributed by atoms with E-state index in [1.165, 1.54) is 29.5 Å². The van der Waals surface area contributed by atoms with E-state index in [0.29, 0.717) is 12.3 Å². The van der Waals surface area contributed by atoms with Crippen molar-refractivity contribution in [1.82, 2.24) is 9.88 Å². The molecule has 0 N–H and O–H groups in total. The van der Waals surface area contributed by atoms with Crippen molar-refractivity contribution in [1.29, 1.82) is 0 Å². The maximum absolute atomic E-state index is 13.2. The summed E-state index contributed by atoms with van der Waals surface area (Å²) in [4.78, 5) is 23.0. The lowest BCUT2D eigenvalue weighted by molar-refractivity contribution is -0.116. The van der Waals surface area contributed by atoms with Gasteiger partial charge in [-0.2, -0.15) is 0 Å². The summed E-state index contributed by atoms with van der Waals surface area (Å²) in [7, 11) is 0. The quantitative estimate of drug-likeness (QED) is 0.338. The summed E-state index contributed by atoms with van der Waals surface area (Å²) in [5.41, 5.74) is 2.19. The largest absolute Gasteiger partial charge is 0.302 e. The zero-order chi connectivity index (χ0) is 21.5. The Kier molecular flexibility index (Phi) is 10.2. The van der Waals surface area contributed by atoms with E-state index >= 15 is 0 Å². The van der Waals surface area contributed by atoms with Gasteiger partial charge < -0.3 is 4.90 Å². The summed E-state index contributed by atoms with van der Waals surface area (Å²) in [5.74, 6) is 0.0433. The number of amides is 1. The van der Waals surface area contributed by atoms with Crippen LogP contribution < -0.4 is 4.90 Å². The second-order valence-electron chi connectivity index (χ2n) is 6.93. The van der Waals surface area contributed by atoms with E-state index in [9.17, 15) is 9.18 Å². The van der Waals surface area contributed by atoms with Crippen LogP contribution in [0, 0.1) is 5.82 Å². The normalized spacial score (nSPS) is 11.0. The highest BCUT2D eigenvalue weighted by Gasteiger charge is 2.21. The molecule has 0 aliphatic heterocycles. The van der Waals surface area contributed by atoms with Gasteiger partial charge in [0.1, 0.15) is 5.82 Å². The van der Waals surface area contributed by atoms with Gasteiger partial charge in [-0.15, -0.1) is 24.2 Å². The first-order valence-electron chi connectivity index (χ1n) is 10.3. The van der Waals surface area contributed by atoms with Crippen molar-refractivity contribution < 1.29 is 9.18 Å². The Bertz CT molecular complexity index is 977. The zero-order valence-electron chi connectivity index (χ0n) is 18.1. The van der Waals surface area contributed by atoms with E-state index in [0.717, 1.165) is 46.3 Å². The van der Waals surface area contributed by atoms with E-state index < -0.39 is 0 Å². The Labute approximate surface area is 198 Å². The minimum absolute atomic E-state index is 0. The molecular weight excluding hydrogens is 453 g/mol. The molecule has 3 rings (SSSR count). The lowest BCUT2D eigenvalue weighted by atomic mass is 10.1. The molecule has 0 aliphatic carbocycles. The molecular formula is C23H29ClFN3OS2. The van der Waals surface area contributed by atoms with Crippen molar-refractivity contribution in [2.24, 2.45) is 0 Å².